The van der Waals surface area contributed by atoms with E-state index in [4.69, 9.17) is 6.42 Å². The molecule has 1 fully saturated rings. The van der Waals surface area contributed by atoms with Crippen molar-refractivity contribution in [1.82, 2.24) is 0 Å². The van der Waals surface area contributed by atoms with Crippen LogP contribution in [-0.4, -0.2) is 19.4 Å². The number of hydrogen-bond donors (Lipinski definition) is 0. The summed E-state index contributed by atoms with van der Waals surface area (Å²) in [7, 11) is -2.95. The van der Waals surface area contributed by atoms with Gasteiger partial charge in [-0.15, -0.1) is 6.42 Å². The molecule has 0 unspecified atom stereocenters. The third kappa shape index (κ3) is 1.97. The summed E-state index contributed by atoms with van der Waals surface area (Å²) >= 11 is 0. The Bertz CT molecular complexity index is 252. The monoisotopic (exact) mass is 172 g/mol. The van der Waals surface area contributed by atoms with E-state index in [9.17, 15) is 8.42 Å². The molecule has 1 aliphatic carbocycles. The van der Waals surface area contributed by atoms with Crippen molar-refractivity contribution in [2.24, 2.45) is 0 Å². The van der Waals surface area contributed by atoms with Crippen LogP contribution in [0.25, 0.3) is 0 Å². The summed E-state index contributed by atoms with van der Waals surface area (Å²) in [6.07, 6.45) is 8.64. The predicted molar refractivity (Wildman–Crippen MR) is 44.9 cm³/mol. The second-order valence-electron chi connectivity index (χ2n) is 2.92. The molecule has 0 radical (unpaired) electrons. The molecule has 0 saturated heterocycles. The van der Waals surface area contributed by atoms with E-state index in [0.717, 1.165) is 25.7 Å². The molecule has 1 saturated carbocycles. The lowest BCUT2D eigenvalue weighted by molar-refractivity contribution is 0.583. The van der Waals surface area contributed by atoms with Crippen molar-refractivity contribution in [2.75, 3.05) is 5.75 Å². The Morgan fingerprint density at radius 1 is 1.36 bits per heavy atom. The van der Waals surface area contributed by atoms with E-state index < -0.39 is 9.84 Å². The lowest BCUT2D eigenvalue weighted by Crippen LogP contribution is -2.19. The van der Waals surface area contributed by atoms with Gasteiger partial charge < -0.3 is 0 Å². The molecular weight excluding hydrogens is 160 g/mol. The fraction of sp³-hybridized carbons (Fsp3) is 0.750. The molecular formula is C8H12O2S. The Hall–Kier alpha value is -0.490. The summed E-state index contributed by atoms with van der Waals surface area (Å²) in [5, 5.41) is -0.140. The number of hydrogen-bond acceptors (Lipinski definition) is 2. The average Bonchev–Trinajstić information content (AvgIpc) is 2.37. The van der Waals surface area contributed by atoms with Crippen molar-refractivity contribution in [2.45, 2.75) is 30.9 Å². The topological polar surface area (TPSA) is 34.1 Å². The maximum Gasteiger partial charge on any atom is 0.164 e. The Labute approximate surface area is 67.9 Å². The first-order valence-corrected chi connectivity index (χ1v) is 5.53. The number of rotatable bonds is 2. The van der Waals surface area contributed by atoms with Crippen LogP contribution >= 0.6 is 0 Å². The van der Waals surface area contributed by atoms with E-state index in [1.807, 2.05) is 0 Å². The molecule has 0 atom stereocenters. The van der Waals surface area contributed by atoms with Gasteiger partial charge in [-0.25, -0.2) is 8.42 Å². The molecule has 0 amide bonds. The molecule has 0 aromatic heterocycles. The van der Waals surface area contributed by atoms with Crippen LogP contribution in [0.5, 0.6) is 0 Å². The molecule has 11 heavy (non-hydrogen) atoms. The van der Waals surface area contributed by atoms with Gasteiger partial charge in [0, 0.05) is 0 Å². The van der Waals surface area contributed by atoms with Gasteiger partial charge in [0.15, 0.2) is 9.84 Å². The van der Waals surface area contributed by atoms with Gasteiger partial charge in [0.05, 0.1) is 5.25 Å². The molecule has 2 nitrogen and oxygen atoms in total. The average molecular weight is 172 g/mol. The molecule has 0 bridgehead atoms. The van der Waals surface area contributed by atoms with E-state index in [1.54, 1.807) is 0 Å². The Morgan fingerprint density at radius 2 is 1.91 bits per heavy atom. The fourth-order valence-electron chi connectivity index (χ4n) is 1.48. The number of terminal acetylenes is 1. The minimum absolute atomic E-state index is 0.0856. The van der Waals surface area contributed by atoms with Crippen molar-refractivity contribution in [3.63, 3.8) is 0 Å². The zero-order valence-electron chi connectivity index (χ0n) is 6.41. The second-order valence-corrected chi connectivity index (χ2v) is 5.20. The summed E-state index contributed by atoms with van der Waals surface area (Å²) < 4.78 is 22.6. The van der Waals surface area contributed by atoms with Crippen LogP contribution in [0.15, 0.2) is 0 Å². The van der Waals surface area contributed by atoms with Gasteiger partial charge in [-0.3, -0.25) is 0 Å². The Morgan fingerprint density at radius 3 is 2.36 bits per heavy atom. The van der Waals surface area contributed by atoms with Gasteiger partial charge in [-0.1, -0.05) is 18.8 Å². The van der Waals surface area contributed by atoms with E-state index in [2.05, 4.69) is 5.92 Å². The van der Waals surface area contributed by atoms with E-state index in [1.165, 1.54) is 0 Å². The standard InChI is InChI=1S/C8H12O2S/c1-2-7-11(9,10)8-5-3-4-6-8/h1,8H,3-7H2. The summed E-state index contributed by atoms with van der Waals surface area (Å²) in [5.74, 6) is 2.11. The first-order chi connectivity index (χ1) is 5.17. The summed E-state index contributed by atoms with van der Waals surface area (Å²) in [6.45, 7) is 0. The van der Waals surface area contributed by atoms with Crippen LogP contribution in [0, 0.1) is 12.3 Å². The fourth-order valence-corrected chi connectivity index (χ4v) is 3.00. The van der Waals surface area contributed by atoms with E-state index in [-0.39, 0.29) is 11.0 Å². The Balaban J connectivity index is 2.65. The molecule has 0 N–H and O–H groups in total. The zero-order chi connectivity index (χ0) is 8.32. The van der Waals surface area contributed by atoms with Gasteiger partial charge in [0.1, 0.15) is 5.75 Å². The second kappa shape index (κ2) is 3.27. The summed E-state index contributed by atoms with van der Waals surface area (Å²) in [4.78, 5) is 0. The van der Waals surface area contributed by atoms with Crippen molar-refractivity contribution < 1.29 is 8.42 Å². The highest BCUT2D eigenvalue weighted by atomic mass is 32.2. The van der Waals surface area contributed by atoms with E-state index in [0.29, 0.717) is 0 Å². The van der Waals surface area contributed by atoms with Gasteiger partial charge in [0.25, 0.3) is 0 Å². The van der Waals surface area contributed by atoms with Crippen LogP contribution in [0.3, 0.4) is 0 Å². The van der Waals surface area contributed by atoms with Crippen molar-refractivity contribution in [3.05, 3.63) is 0 Å². The van der Waals surface area contributed by atoms with E-state index >= 15 is 0 Å². The van der Waals surface area contributed by atoms with Gasteiger partial charge in [-0.2, -0.15) is 0 Å². The molecule has 1 rings (SSSR count). The smallest absolute Gasteiger partial charge is 0.164 e. The van der Waals surface area contributed by atoms with Crippen LogP contribution in [-0.2, 0) is 9.84 Å². The zero-order valence-corrected chi connectivity index (χ0v) is 7.23. The highest BCUT2D eigenvalue weighted by Crippen LogP contribution is 2.24. The van der Waals surface area contributed by atoms with Crippen LogP contribution in [0.1, 0.15) is 25.7 Å². The highest BCUT2D eigenvalue weighted by Gasteiger charge is 2.27. The molecule has 0 heterocycles. The molecule has 0 spiro atoms. The maximum atomic E-state index is 11.3. The third-order valence-electron chi connectivity index (χ3n) is 2.09. The Kier molecular flexibility index (Phi) is 2.56. The van der Waals surface area contributed by atoms with Gasteiger partial charge in [0.2, 0.25) is 0 Å². The first-order valence-electron chi connectivity index (χ1n) is 3.82. The van der Waals surface area contributed by atoms with Crippen molar-refractivity contribution in [1.29, 1.82) is 0 Å². The summed E-state index contributed by atoms with van der Waals surface area (Å²) in [5.41, 5.74) is 0. The van der Waals surface area contributed by atoms with Crippen LogP contribution in [0.2, 0.25) is 0 Å². The molecule has 1 aliphatic rings. The van der Waals surface area contributed by atoms with Gasteiger partial charge in [-0.05, 0) is 12.8 Å². The molecule has 0 aromatic carbocycles. The lowest BCUT2D eigenvalue weighted by atomic mass is 10.4. The van der Waals surface area contributed by atoms with Crippen molar-refractivity contribution in [3.8, 4) is 12.3 Å². The number of sulfone groups is 1. The van der Waals surface area contributed by atoms with Crippen LogP contribution in [0.4, 0.5) is 0 Å². The minimum Gasteiger partial charge on any atom is -0.228 e. The molecule has 0 aromatic rings. The first kappa shape index (κ1) is 8.61. The maximum absolute atomic E-state index is 11.3. The minimum atomic E-state index is -2.95. The largest absolute Gasteiger partial charge is 0.228 e. The highest BCUT2D eigenvalue weighted by molar-refractivity contribution is 7.92. The van der Waals surface area contributed by atoms with Crippen molar-refractivity contribution >= 4 is 9.84 Å². The molecule has 62 valence electrons. The molecule has 3 heteroatoms. The van der Waals surface area contributed by atoms with Crippen LogP contribution < -0.4 is 0 Å². The normalized spacial score (nSPS) is 19.9. The van der Waals surface area contributed by atoms with Gasteiger partial charge >= 0.3 is 0 Å². The SMILES string of the molecule is C#CCS(=O)(=O)C1CCCC1. The third-order valence-corrected chi connectivity index (χ3v) is 4.15. The predicted octanol–water partition coefficient (Wildman–Crippen LogP) is 0.977. The molecule has 0 aliphatic heterocycles. The quantitative estimate of drug-likeness (QED) is 0.582. The lowest BCUT2D eigenvalue weighted by Gasteiger charge is -2.06. The summed E-state index contributed by atoms with van der Waals surface area (Å²) in [6, 6.07) is 0.